The molecular weight excluding hydrogens is 546 g/mol. The maximum atomic E-state index is 11.5. The van der Waals surface area contributed by atoms with Crippen molar-refractivity contribution in [3.8, 4) is 17.3 Å². The van der Waals surface area contributed by atoms with Crippen LogP contribution in [0, 0.1) is 11.3 Å². The quantitative estimate of drug-likeness (QED) is 0.191. The van der Waals surface area contributed by atoms with Crippen LogP contribution in [-0.4, -0.2) is 63.3 Å². The van der Waals surface area contributed by atoms with Crippen LogP contribution in [0.1, 0.15) is 38.3 Å². The molecule has 2 aliphatic heterocycles. The fourth-order valence-corrected chi connectivity index (χ4v) is 7.34. The van der Waals surface area contributed by atoms with Gasteiger partial charge in [0.25, 0.3) is 0 Å². The number of hydrogen-bond donors (Lipinski definition) is 2. The lowest BCUT2D eigenvalue weighted by molar-refractivity contribution is 0.0814. The first-order chi connectivity index (χ1) is 20.0. The summed E-state index contributed by atoms with van der Waals surface area (Å²) in [7, 11) is -1.27. The van der Waals surface area contributed by atoms with Gasteiger partial charge in [-0.05, 0) is 55.5 Å². The molecule has 2 saturated heterocycles. The van der Waals surface area contributed by atoms with Gasteiger partial charge in [-0.2, -0.15) is 15.3 Å². The maximum Gasteiger partial charge on any atom is 0.405 e. The lowest BCUT2D eigenvalue weighted by atomic mass is 9.84. The lowest BCUT2D eigenvalue weighted by Gasteiger charge is -2.44. The Kier molecular flexibility index (Phi) is 7.15. The number of hydrogen-bond acceptors (Lipinski definition) is 7. The smallest absolute Gasteiger partial charge is 0.405 e. The monoisotopic (exact) mass is 583 g/mol. The molecule has 0 aliphatic carbocycles. The molecule has 0 radical (unpaired) electrons. The topological polar surface area (TPSA) is 129 Å². The van der Waals surface area contributed by atoms with Crippen molar-refractivity contribution in [2.75, 3.05) is 11.5 Å². The second-order valence-corrected chi connectivity index (χ2v) is 18.8. The van der Waals surface area contributed by atoms with E-state index in [1.165, 1.54) is 0 Å². The number of nitriles is 1. The second-order valence-electron chi connectivity index (χ2n) is 13.1. The van der Waals surface area contributed by atoms with Crippen molar-refractivity contribution in [1.29, 1.82) is 5.26 Å². The van der Waals surface area contributed by atoms with E-state index in [9.17, 15) is 15.2 Å². The summed E-state index contributed by atoms with van der Waals surface area (Å²) in [6.07, 6.45) is 2.15. The van der Waals surface area contributed by atoms with E-state index in [2.05, 4.69) is 60.2 Å². The summed E-state index contributed by atoms with van der Waals surface area (Å²) in [5.74, 6) is 0.497. The van der Waals surface area contributed by atoms with Gasteiger partial charge in [0, 0.05) is 37.9 Å². The normalized spacial score (nSPS) is 22.0. The minimum absolute atomic E-state index is 0.0777. The van der Waals surface area contributed by atoms with Crippen LogP contribution in [0.4, 0.5) is 10.7 Å². The lowest BCUT2D eigenvalue weighted by Crippen LogP contribution is -2.57. The standard InChI is InChI=1S/C31H37N7O3Si/c1-31(35-30(39)40)16-23-11-12-24(17-31)38(23)29-33-25(18-32)26-27(22-10-9-20-7-5-6-8-21(20)15-22)36-37(28(26)34-29)19-41-13-14-42(2,3)4/h5-10,15,23-24,35H,11-14,16-17,19H2,1-4H3,(H,39,40). The number of anilines is 1. The summed E-state index contributed by atoms with van der Waals surface area (Å²) in [5, 5.41) is 30.3. The SMILES string of the molecule is CC1(NC(=O)O)CC2CCC(C1)N2c1nc(C#N)c2c(-c3ccc4ccccc4c3)nn(COCC[Si](C)(C)C)c2n1. The van der Waals surface area contributed by atoms with Crippen molar-refractivity contribution < 1.29 is 14.6 Å². The zero-order valence-electron chi connectivity index (χ0n) is 24.6. The molecule has 10 nitrogen and oxygen atoms in total. The number of benzene rings is 2. The highest BCUT2D eigenvalue weighted by Crippen LogP contribution is 2.43. The van der Waals surface area contributed by atoms with Crippen molar-refractivity contribution in [3.63, 3.8) is 0 Å². The molecule has 2 fully saturated rings. The number of aromatic nitrogens is 4. The Hall–Kier alpha value is -4.01. The molecule has 6 rings (SSSR count). The molecule has 0 spiro atoms. The molecular formula is C31H37N7O3Si. The molecule has 2 aromatic heterocycles. The van der Waals surface area contributed by atoms with E-state index >= 15 is 0 Å². The highest BCUT2D eigenvalue weighted by atomic mass is 28.3. The molecule has 42 heavy (non-hydrogen) atoms. The third-order valence-electron chi connectivity index (χ3n) is 8.55. The Morgan fingerprint density at radius 2 is 1.86 bits per heavy atom. The van der Waals surface area contributed by atoms with Crippen LogP contribution < -0.4 is 10.2 Å². The second kappa shape index (κ2) is 10.7. The van der Waals surface area contributed by atoms with E-state index in [0.29, 0.717) is 42.1 Å². The minimum atomic E-state index is -1.27. The van der Waals surface area contributed by atoms with Gasteiger partial charge in [0.05, 0.1) is 5.39 Å². The molecule has 4 heterocycles. The van der Waals surface area contributed by atoms with Crippen molar-refractivity contribution in [2.45, 2.75) is 82.6 Å². The molecule has 2 N–H and O–H groups in total. The van der Waals surface area contributed by atoms with Crippen LogP contribution in [0.2, 0.25) is 25.7 Å². The van der Waals surface area contributed by atoms with Gasteiger partial charge in [0.2, 0.25) is 5.95 Å². The first-order valence-electron chi connectivity index (χ1n) is 14.6. The molecule has 2 atom stereocenters. The number of rotatable bonds is 8. The predicted octanol–water partition coefficient (Wildman–Crippen LogP) is 5.99. The van der Waals surface area contributed by atoms with Gasteiger partial charge >= 0.3 is 6.09 Å². The largest absolute Gasteiger partial charge is 0.465 e. The average Bonchev–Trinajstić information content (AvgIpc) is 3.44. The number of carbonyl (C=O) groups is 1. The zero-order chi connectivity index (χ0) is 29.6. The third-order valence-corrected chi connectivity index (χ3v) is 10.3. The van der Waals surface area contributed by atoms with Gasteiger partial charge in [-0.25, -0.2) is 14.5 Å². The number of nitrogens with zero attached hydrogens (tertiary/aromatic N) is 6. The molecule has 2 unspecified atom stereocenters. The molecule has 1 amide bonds. The van der Waals surface area contributed by atoms with Crippen LogP contribution in [0.5, 0.6) is 0 Å². The number of piperidine rings is 1. The molecule has 2 bridgehead atoms. The van der Waals surface area contributed by atoms with E-state index in [1.807, 2.05) is 25.1 Å². The van der Waals surface area contributed by atoms with Gasteiger partial charge in [0.15, 0.2) is 11.3 Å². The summed E-state index contributed by atoms with van der Waals surface area (Å²) in [6.45, 7) is 9.79. The summed E-state index contributed by atoms with van der Waals surface area (Å²) >= 11 is 0. The molecule has 2 aromatic carbocycles. The van der Waals surface area contributed by atoms with E-state index < -0.39 is 19.7 Å². The van der Waals surface area contributed by atoms with Gasteiger partial charge in [-0.15, -0.1) is 0 Å². The average molecular weight is 584 g/mol. The zero-order valence-corrected chi connectivity index (χ0v) is 25.6. The number of fused-ring (bicyclic) bond motifs is 4. The van der Waals surface area contributed by atoms with E-state index in [4.69, 9.17) is 19.8 Å². The first-order valence-corrected chi connectivity index (χ1v) is 18.3. The summed E-state index contributed by atoms with van der Waals surface area (Å²) < 4.78 is 7.88. The fraction of sp³-hybridized carbons (Fsp3) is 0.452. The predicted molar refractivity (Wildman–Crippen MR) is 165 cm³/mol. The number of ether oxygens (including phenoxy) is 1. The first kappa shape index (κ1) is 28.1. The van der Waals surface area contributed by atoms with Gasteiger partial charge < -0.3 is 20.1 Å². The van der Waals surface area contributed by atoms with Crippen molar-refractivity contribution in [2.24, 2.45) is 0 Å². The maximum absolute atomic E-state index is 11.5. The summed E-state index contributed by atoms with van der Waals surface area (Å²) in [6, 6.07) is 17.9. The molecule has 2 aliphatic rings. The van der Waals surface area contributed by atoms with Crippen LogP contribution >= 0.6 is 0 Å². The van der Waals surface area contributed by atoms with Crippen LogP contribution in [-0.2, 0) is 11.5 Å². The van der Waals surface area contributed by atoms with Crippen molar-refractivity contribution in [1.82, 2.24) is 25.1 Å². The van der Waals surface area contributed by atoms with E-state index in [0.717, 1.165) is 35.2 Å². The van der Waals surface area contributed by atoms with Crippen LogP contribution in [0.15, 0.2) is 42.5 Å². The van der Waals surface area contributed by atoms with Gasteiger partial charge in [-0.3, -0.25) is 0 Å². The summed E-state index contributed by atoms with van der Waals surface area (Å²) in [4.78, 5) is 23.5. The Balaban J connectivity index is 1.43. The highest BCUT2D eigenvalue weighted by molar-refractivity contribution is 6.76. The molecule has 0 saturated carbocycles. The Labute approximate surface area is 246 Å². The van der Waals surface area contributed by atoms with Gasteiger partial charge in [0.1, 0.15) is 18.5 Å². The molecule has 4 aromatic rings. The molecule has 218 valence electrons. The number of nitrogens with one attached hydrogen (secondary N) is 1. The Bertz CT molecular complexity index is 1690. The van der Waals surface area contributed by atoms with E-state index in [1.54, 1.807) is 4.68 Å². The fourth-order valence-electron chi connectivity index (χ4n) is 6.59. The number of carboxylic acid groups (broad SMARTS) is 1. The van der Waals surface area contributed by atoms with Crippen LogP contribution in [0.3, 0.4) is 0 Å². The Morgan fingerprint density at radius 3 is 2.52 bits per heavy atom. The highest BCUT2D eigenvalue weighted by Gasteiger charge is 2.48. The van der Waals surface area contributed by atoms with E-state index in [-0.39, 0.29) is 24.5 Å². The van der Waals surface area contributed by atoms with Gasteiger partial charge in [-0.1, -0.05) is 56.0 Å². The van der Waals surface area contributed by atoms with Crippen molar-refractivity contribution in [3.05, 3.63) is 48.2 Å². The molecule has 11 heteroatoms. The summed E-state index contributed by atoms with van der Waals surface area (Å²) in [5.41, 5.74) is 1.89. The van der Waals surface area contributed by atoms with Crippen molar-refractivity contribution >= 4 is 41.9 Å². The van der Waals surface area contributed by atoms with Crippen LogP contribution in [0.25, 0.3) is 33.1 Å². The number of amides is 1. The third kappa shape index (κ3) is 5.44. The Morgan fingerprint density at radius 1 is 1.14 bits per heavy atom. The minimum Gasteiger partial charge on any atom is -0.465 e.